The van der Waals surface area contributed by atoms with Crippen LogP contribution in [0.3, 0.4) is 0 Å². The van der Waals surface area contributed by atoms with Crippen LogP contribution in [0.1, 0.15) is 43.0 Å². The van der Waals surface area contributed by atoms with Crippen LogP contribution in [0.25, 0.3) is 17.2 Å². The molecule has 0 saturated heterocycles. The topological polar surface area (TPSA) is 151 Å². The molecule has 0 fully saturated rings. The highest BCUT2D eigenvalue weighted by atomic mass is 35.5. The molecule has 2 aromatic carbocycles. The van der Waals surface area contributed by atoms with E-state index in [-0.39, 0.29) is 11.9 Å². The van der Waals surface area contributed by atoms with Crippen molar-refractivity contribution in [2.75, 3.05) is 22.2 Å². The Morgan fingerprint density at radius 1 is 1.15 bits per heavy atom. The molecule has 1 aromatic heterocycles. The van der Waals surface area contributed by atoms with Gasteiger partial charge in [-0.2, -0.15) is 5.10 Å². The number of hydrazone groups is 1. The number of hydrazine groups is 1. The van der Waals surface area contributed by atoms with E-state index >= 15 is 0 Å². The smallest absolute Gasteiger partial charge is 0.244 e. The molecule has 0 aliphatic carbocycles. The van der Waals surface area contributed by atoms with Crippen LogP contribution in [0, 0.1) is 0 Å². The molecular weight excluding hydrogens is 516 g/mol. The van der Waals surface area contributed by atoms with Gasteiger partial charge < -0.3 is 21.8 Å². The minimum Gasteiger partial charge on any atom is -0.384 e. The van der Waals surface area contributed by atoms with Gasteiger partial charge in [-0.25, -0.2) is 5.84 Å². The molecule has 1 aliphatic rings. The first kappa shape index (κ1) is 27.6. The number of nitrogens with two attached hydrogens (primary N) is 2. The van der Waals surface area contributed by atoms with Gasteiger partial charge in [0.25, 0.3) is 0 Å². The predicted molar refractivity (Wildman–Crippen MR) is 157 cm³/mol. The summed E-state index contributed by atoms with van der Waals surface area (Å²) in [6.07, 6.45) is 10.4. The molecule has 0 spiro atoms. The fraction of sp³-hybridized carbons (Fsp3) is 0.214. The van der Waals surface area contributed by atoms with Gasteiger partial charge in [-0.05, 0) is 66.9 Å². The number of pyridine rings is 1. The summed E-state index contributed by atoms with van der Waals surface area (Å²) < 4.78 is 0. The molecule has 1 atom stereocenters. The van der Waals surface area contributed by atoms with Crippen LogP contribution in [0.2, 0.25) is 5.02 Å². The average molecular weight is 547 g/mol. The number of nitrogens with zero attached hydrogens (tertiary/aromatic N) is 3. The Hall–Kier alpha value is -4.41. The van der Waals surface area contributed by atoms with Crippen LogP contribution in [-0.4, -0.2) is 30.2 Å². The van der Waals surface area contributed by atoms with E-state index in [0.29, 0.717) is 28.4 Å². The van der Waals surface area contributed by atoms with E-state index in [1.54, 1.807) is 30.5 Å². The van der Waals surface area contributed by atoms with Gasteiger partial charge in [-0.1, -0.05) is 30.5 Å². The van der Waals surface area contributed by atoms with Crippen molar-refractivity contribution < 1.29 is 9.59 Å². The van der Waals surface area contributed by atoms with E-state index in [4.69, 9.17) is 23.3 Å². The first-order valence-electron chi connectivity index (χ1n) is 12.6. The molecule has 1 aliphatic heterocycles. The Kier molecular flexibility index (Phi) is 9.49. The Morgan fingerprint density at radius 2 is 2.03 bits per heavy atom. The minimum absolute atomic E-state index is 0.270. The van der Waals surface area contributed by atoms with Gasteiger partial charge in [0, 0.05) is 46.3 Å². The van der Waals surface area contributed by atoms with Gasteiger partial charge in [-0.3, -0.25) is 19.6 Å². The number of halogens is 1. The third-order valence-corrected chi connectivity index (χ3v) is 6.60. The van der Waals surface area contributed by atoms with Gasteiger partial charge in [0.05, 0.1) is 17.4 Å². The molecule has 3 aromatic rings. The molecule has 39 heavy (non-hydrogen) atoms. The number of nitrogens with one attached hydrogen (secondary N) is 3. The summed E-state index contributed by atoms with van der Waals surface area (Å²) in [5.41, 5.74) is 5.57. The van der Waals surface area contributed by atoms with Crippen LogP contribution in [-0.2, 0) is 9.59 Å². The zero-order valence-electron chi connectivity index (χ0n) is 21.3. The molecule has 0 radical (unpaired) electrons. The molecule has 202 valence electrons. The summed E-state index contributed by atoms with van der Waals surface area (Å²) in [5.74, 6) is 10.9. The maximum Gasteiger partial charge on any atom is 0.244 e. The lowest BCUT2D eigenvalue weighted by molar-refractivity contribution is -0.117. The third kappa shape index (κ3) is 7.34. The number of benzene rings is 2. The highest BCUT2D eigenvalue weighted by Crippen LogP contribution is 2.33. The summed E-state index contributed by atoms with van der Waals surface area (Å²) in [6.45, 7) is 0.796. The number of carbonyl (C=O) groups excluding carboxylic acids is 2. The van der Waals surface area contributed by atoms with E-state index in [9.17, 15) is 9.59 Å². The van der Waals surface area contributed by atoms with Crippen molar-refractivity contribution >= 4 is 53.4 Å². The van der Waals surface area contributed by atoms with Crippen molar-refractivity contribution in [2.24, 2.45) is 16.8 Å². The quantitative estimate of drug-likeness (QED) is 0.0735. The normalized spacial score (nSPS) is 15.5. The first-order chi connectivity index (χ1) is 19.0. The molecule has 2 bridgehead atoms. The molecular formula is C28H31ClN8O2. The number of anilines is 3. The number of amides is 2. The van der Waals surface area contributed by atoms with Crippen LogP contribution in [0.4, 0.5) is 17.1 Å². The molecule has 0 unspecified atom stereocenters. The van der Waals surface area contributed by atoms with E-state index in [2.05, 4.69) is 26.0 Å². The number of hydrogen-bond donors (Lipinski definition) is 5. The number of fused-ring (bicyclic) bond motifs is 4. The highest BCUT2D eigenvalue weighted by Gasteiger charge is 2.18. The minimum atomic E-state index is -0.275. The van der Waals surface area contributed by atoms with Crippen LogP contribution < -0.4 is 32.6 Å². The van der Waals surface area contributed by atoms with Crippen LogP contribution in [0.5, 0.6) is 0 Å². The van der Waals surface area contributed by atoms with Crippen LogP contribution >= 0.6 is 11.6 Å². The number of carbonyl (C=O) groups is 2. The molecule has 11 heteroatoms. The molecule has 0 saturated carbocycles. The van der Waals surface area contributed by atoms with Crippen molar-refractivity contribution in [3.05, 3.63) is 77.1 Å². The fourth-order valence-electron chi connectivity index (χ4n) is 4.49. The Bertz CT molecular complexity index is 1380. The number of hydrogen-bond acceptors (Lipinski definition) is 7. The van der Waals surface area contributed by atoms with Crippen molar-refractivity contribution in [2.45, 2.75) is 31.7 Å². The maximum atomic E-state index is 13.0. The zero-order valence-corrected chi connectivity index (χ0v) is 22.1. The zero-order chi connectivity index (χ0) is 27.6. The first-order valence-corrected chi connectivity index (χ1v) is 13.0. The second-order valence-electron chi connectivity index (χ2n) is 9.04. The van der Waals surface area contributed by atoms with Gasteiger partial charge in [0.2, 0.25) is 12.3 Å². The highest BCUT2D eigenvalue weighted by molar-refractivity contribution is 6.30. The Balaban J connectivity index is 1.59. The molecule has 4 rings (SSSR count). The molecule has 2 amide bonds. The largest absolute Gasteiger partial charge is 0.384 e. The third-order valence-electron chi connectivity index (χ3n) is 6.37. The second-order valence-corrected chi connectivity index (χ2v) is 9.47. The fourth-order valence-corrected chi connectivity index (χ4v) is 4.67. The maximum absolute atomic E-state index is 13.0. The lowest BCUT2D eigenvalue weighted by atomic mass is 9.98. The van der Waals surface area contributed by atoms with Crippen molar-refractivity contribution in [1.29, 1.82) is 0 Å². The second kappa shape index (κ2) is 13.4. The van der Waals surface area contributed by atoms with E-state index in [1.807, 2.05) is 30.3 Å². The standard InChI is InChI=1S/C28H31ClN8O2/c29-21-6-9-27(37(31)17-35-30)20(14-21)5-10-28(39)36-24-4-2-1-3-12-32-25-16-22(34-18-38)7-8-23(25)19-11-13-33-26(24)15-19/h5-11,13-18,24,32H,1-4,12,30-31H2,(H,34,38)(H,36,39)/b10-5+,35-17-/t24-/m0/s1. The number of rotatable bonds is 7. The Morgan fingerprint density at radius 3 is 2.85 bits per heavy atom. The Labute approximate surface area is 232 Å². The van der Waals surface area contributed by atoms with Crippen molar-refractivity contribution in [3.63, 3.8) is 0 Å². The van der Waals surface area contributed by atoms with E-state index in [0.717, 1.165) is 54.7 Å². The summed E-state index contributed by atoms with van der Waals surface area (Å²) >= 11 is 6.17. The summed E-state index contributed by atoms with van der Waals surface area (Å²) in [7, 11) is 0. The summed E-state index contributed by atoms with van der Waals surface area (Å²) in [4.78, 5) is 28.6. The molecule has 7 N–H and O–H groups in total. The lowest BCUT2D eigenvalue weighted by Crippen LogP contribution is -2.30. The van der Waals surface area contributed by atoms with E-state index in [1.165, 1.54) is 17.4 Å². The monoisotopic (exact) mass is 546 g/mol. The molecule has 2 heterocycles. The predicted octanol–water partition coefficient (Wildman–Crippen LogP) is 4.41. The van der Waals surface area contributed by atoms with Gasteiger partial charge in [0.1, 0.15) is 6.34 Å². The van der Waals surface area contributed by atoms with Gasteiger partial charge >= 0.3 is 0 Å². The molecule has 10 nitrogen and oxygen atoms in total. The van der Waals surface area contributed by atoms with Crippen molar-refractivity contribution in [1.82, 2.24) is 10.3 Å². The summed E-state index contributed by atoms with van der Waals surface area (Å²) in [5, 5.41) is 14.5. The lowest BCUT2D eigenvalue weighted by Gasteiger charge is -2.21. The number of aromatic nitrogens is 1. The van der Waals surface area contributed by atoms with Gasteiger partial charge in [-0.15, -0.1) is 0 Å². The van der Waals surface area contributed by atoms with Crippen molar-refractivity contribution in [3.8, 4) is 11.1 Å². The SMILES string of the molecule is N/N=C\N(N)c1ccc(Cl)cc1/C=C/C(=O)N[C@H]1CCCCCNc2cc(NC=O)ccc2-c2ccnc1c2. The van der Waals surface area contributed by atoms with Crippen LogP contribution in [0.15, 0.2) is 65.9 Å². The van der Waals surface area contributed by atoms with Gasteiger partial charge in [0.15, 0.2) is 0 Å². The average Bonchev–Trinajstić information content (AvgIpc) is 2.93. The summed E-state index contributed by atoms with van der Waals surface area (Å²) in [6, 6.07) is 14.5. The van der Waals surface area contributed by atoms with E-state index < -0.39 is 0 Å².